The Morgan fingerprint density at radius 3 is 2.56 bits per heavy atom. The molecule has 2 amide bonds. The number of likely N-dealkylation sites (tertiary alicyclic amines) is 1. The van der Waals surface area contributed by atoms with E-state index in [1.54, 1.807) is 13.2 Å². The van der Waals surface area contributed by atoms with Gasteiger partial charge in [-0.15, -0.1) is 10.2 Å². The normalized spacial score (nSPS) is 15.6. The van der Waals surface area contributed by atoms with Gasteiger partial charge in [-0.25, -0.2) is 0 Å². The summed E-state index contributed by atoms with van der Waals surface area (Å²) in [5, 5.41) is 31.5. The molecule has 39 heavy (non-hydrogen) atoms. The van der Waals surface area contributed by atoms with Crippen LogP contribution in [-0.2, 0) is 11.4 Å². The fourth-order valence-electron chi connectivity index (χ4n) is 4.66. The molecule has 0 atom stereocenters. The van der Waals surface area contributed by atoms with E-state index in [1.165, 1.54) is 7.05 Å². The Balaban J connectivity index is 1.48. The zero-order chi connectivity index (χ0) is 27.7. The van der Waals surface area contributed by atoms with Gasteiger partial charge in [0.1, 0.15) is 5.75 Å². The summed E-state index contributed by atoms with van der Waals surface area (Å²) < 4.78 is 7.75. The Morgan fingerprint density at radius 1 is 1.15 bits per heavy atom. The van der Waals surface area contributed by atoms with E-state index >= 15 is 0 Å². The fourth-order valence-corrected chi connectivity index (χ4v) is 4.66. The van der Waals surface area contributed by atoms with Gasteiger partial charge < -0.3 is 25.8 Å². The quantitative estimate of drug-likeness (QED) is 0.308. The largest absolute Gasteiger partial charge is 0.494 e. The van der Waals surface area contributed by atoms with Crippen LogP contribution >= 0.6 is 0 Å². The highest BCUT2D eigenvalue weighted by atomic mass is 16.5. The molecular formula is C27H34N8O4. The lowest BCUT2D eigenvalue weighted by Gasteiger charge is -2.41. The number of nitrogens with zero attached hydrogens (tertiary/aromatic N) is 5. The van der Waals surface area contributed by atoms with Crippen LogP contribution in [0, 0.1) is 5.92 Å². The zero-order valence-electron chi connectivity index (χ0n) is 22.6. The van der Waals surface area contributed by atoms with Crippen molar-refractivity contribution in [3.8, 4) is 16.9 Å². The third kappa shape index (κ3) is 5.43. The van der Waals surface area contributed by atoms with Crippen LogP contribution in [0.5, 0.6) is 5.75 Å². The van der Waals surface area contributed by atoms with Gasteiger partial charge in [-0.1, -0.05) is 12.1 Å². The highest BCUT2D eigenvalue weighted by Gasteiger charge is 2.32. The van der Waals surface area contributed by atoms with Crippen LogP contribution < -0.4 is 20.7 Å². The summed E-state index contributed by atoms with van der Waals surface area (Å²) in [5.41, 5.74) is 3.04. The van der Waals surface area contributed by atoms with E-state index in [9.17, 15) is 14.7 Å². The molecule has 12 nitrogen and oxygen atoms in total. The Hall–Kier alpha value is -4.03. The topological polar surface area (TPSA) is 147 Å². The molecule has 1 aliphatic carbocycles. The van der Waals surface area contributed by atoms with E-state index in [0.717, 1.165) is 37.1 Å². The third-order valence-corrected chi connectivity index (χ3v) is 7.17. The van der Waals surface area contributed by atoms with E-state index in [4.69, 9.17) is 4.74 Å². The number of para-hydroxylation sites is 1. The van der Waals surface area contributed by atoms with Crippen LogP contribution in [0.3, 0.4) is 0 Å². The van der Waals surface area contributed by atoms with Gasteiger partial charge in [0.05, 0.1) is 36.8 Å². The maximum atomic E-state index is 12.6. The van der Waals surface area contributed by atoms with Gasteiger partial charge in [0.25, 0.3) is 5.91 Å². The SMILES string of the molecule is CNC(=O)c1nnc(NC(=O)C2CC2)cc1Nc1cccc(-c2cn(C3CN(C(C)C)C3)nc2CO)c1OC. The number of ether oxygens (including phenoxy) is 1. The number of benzene rings is 1. The number of nitrogens with one attached hydrogen (secondary N) is 3. The average molecular weight is 535 g/mol. The van der Waals surface area contributed by atoms with E-state index in [-0.39, 0.29) is 36.0 Å². The summed E-state index contributed by atoms with van der Waals surface area (Å²) in [6, 6.07) is 7.86. The minimum atomic E-state index is -0.431. The molecule has 3 heterocycles. The predicted molar refractivity (Wildman–Crippen MR) is 146 cm³/mol. The highest BCUT2D eigenvalue weighted by molar-refractivity contribution is 6.00. The molecule has 1 saturated heterocycles. The maximum absolute atomic E-state index is 12.6. The van der Waals surface area contributed by atoms with Crippen molar-refractivity contribution >= 4 is 29.0 Å². The lowest BCUT2D eigenvalue weighted by molar-refractivity contribution is -0.117. The molecule has 1 aromatic carbocycles. The van der Waals surface area contributed by atoms with Crippen molar-refractivity contribution < 1.29 is 19.4 Å². The van der Waals surface area contributed by atoms with Gasteiger partial charge in [0.2, 0.25) is 5.91 Å². The molecule has 0 radical (unpaired) electrons. The van der Waals surface area contributed by atoms with Gasteiger partial charge in [0.15, 0.2) is 11.5 Å². The van der Waals surface area contributed by atoms with E-state index in [1.807, 2.05) is 29.1 Å². The van der Waals surface area contributed by atoms with E-state index in [0.29, 0.717) is 28.9 Å². The third-order valence-electron chi connectivity index (χ3n) is 7.17. The van der Waals surface area contributed by atoms with Gasteiger partial charge in [-0.3, -0.25) is 19.2 Å². The first-order valence-corrected chi connectivity index (χ1v) is 13.1. The Kier molecular flexibility index (Phi) is 7.49. The van der Waals surface area contributed by atoms with Crippen LogP contribution in [-0.4, -0.2) is 75.1 Å². The van der Waals surface area contributed by atoms with Gasteiger partial charge in [-0.05, 0) is 32.8 Å². The second kappa shape index (κ2) is 11.0. The van der Waals surface area contributed by atoms with E-state index in [2.05, 4.69) is 50.0 Å². The molecule has 1 saturated carbocycles. The van der Waals surface area contributed by atoms with Crippen molar-refractivity contribution in [1.29, 1.82) is 0 Å². The first kappa shape index (κ1) is 26.6. The number of hydrogen-bond acceptors (Lipinski definition) is 9. The molecule has 12 heteroatoms. The minimum absolute atomic E-state index is 0.00591. The Morgan fingerprint density at radius 2 is 1.92 bits per heavy atom. The van der Waals surface area contributed by atoms with Crippen molar-refractivity contribution in [2.75, 3.05) is 37.9 Å². The van der Waals surface area contributed by atoms with Crippen LogP contribution in [0.4, 0.5) is 17.2 Å². The number of carbonyl (C=O) groups is 2. The number of aliphatic hydroxyl groups excluding tert-OH is 1. The summed E-state index contributed by atoms with van der Waals surface area (Å²) in [7, 11) is 3.07. The zero-order valence-corrected chi connectivity index (χ0v) is 22.6. The first-order chi connectivity index (χ1) is 18.8. The minimum Gasteiger partial charge on any atom is -0.494 e. The van der Waals surface area contributed by atoms with Gasteiger partial charge in [-0.2, -0.15) is 5.10 Å². The molecule has 5 rings (SSSR count). The number of hydrogen-bond donors (Lipinski definition) is 4. The molecule has 3 aromatic rings. The molecule has 206 valence electrons. The number of rotatable bonds is 10. The standard InChI is InChI=1S/C27H34N8O4/c1-15(2)34-11-17(12-34)35-13-19(22(14-36)33-35)18-6-5-7-20(25(18)39-4)29-21-10-23(30-26(37)16-8-9-16)31-32-24(21)27(38)28-3/h5-7,10,13,15-17,36H,8-9,11-12,14H2,1-4H3,(H,28,38)(H2,29,30,31,37). The lowest BCUT2D eigenvalue weighted by atomic mass is 10.0. The maximum Gasteiger partial charge on any atom is 0.273 e. The van der Waals surface area contributed by atoms with Crippen LogP contribution in [0.25, 0.3) is 11.1 Å². The summed E-state index contributed by atoms with van der Waals surface area (Å²) >= 11 is 0. The molecule has 4 N–H and O–H groups in total. The van der Waals surface area contributed by atoms with Crippen LogP contribution in [0.15, 0.2) is 30.5 Å². The van der Waals surface area contributed by atoms with Gasteiger partial charge >= 0.3 is 0 Å². The first-order valence-electron chi connectivity index (χ1n) is 13.1. The van der Waals surface area contributed by atoms with E-state index < -0.39 is 5.91 Å². The second-order valence-electron chi connectivity index (χ2n) is 10.2. The number of amides is 2. The second-order valence-corrected chi connectivity index (χ2v) is 10.2. The number of carbonyl (C=O) groups excluding carboxylic acids is 2. The van der Waals surface area contributed by atoms with Crippen molar-refractivity contribution in [1.82, 2.24) is 30.2 Å². The van der Waals surface area contributed by atoms with Crippen LogP contribution in [0.1, 0.15) is 48.9 Å². The van der Waals surface area contributed by atoms with Crippen molar-refractivity contribution in [2.45, 2.75) is 45.4 Å². The number of aromatic nitrogens is 4. The summed E-state index contributed by atoms with van der Waals surface area (Å²) in [6.45, 7) is 5.93. The molecule has 0 bridgehead atoms. The Bertz CT molecular complexity index is 1380. The summed E-state index contributed by atoms with van der Waals surface area (Å²) in [5.74, 6) is 0.206. The van der Waals surface area contributed by atoms with Gasteiger partial charge in [0, 0.05) is 55.5 Å². The average Bonchev–Trinajstić information content (AvgIpc) is 3.67. The predicted octanol–water partition coefficient (Wildman–Crippen LogP) is 2.56. The van der Waals surface area contributed by atoms with Crippen molar-refractivity contribution in [3.05, 3.63) is 41.9 Å². The fraction of sp³-hybridized carbons (Fsp3) is 0.444. The monoisotopic (exact) mass is 534 g/mol. The smallest absolute Gasteiger partial charge is 0.273 e. The lowest BCUT2D eigenvalue weighted by Crippen LogP contribution is -2.51. The molecule has 2 aromatic heterocycles. The number of anilines is 3. The molecule has 2 fully saturated rings. The summed E-state index contributed by atoms with van der Waals surface area (Å²) in [6.07, 6.45) is 3.66. The van der Waals surface area contributed by atoms with Crippen LogP contribution in [0.2, 0.25) is 0 Å². The number of methoxy groups -OCH3 is 1. The number of aliphatic hydroxyl groups is 1. The molecule has 1 aliphatic heterocycles. The highest BCUT2D eigenvalue weighted by Crippen LogP contribution is 2.40. The molecule has 0 unspecified atom stereocenters. The Labute approximate surface area is 226 Å². The van der Waals surface area contributed by atoms with Crippen molar-refractivity contribution in [3.63, 3.8) is 0 Å². The summed E-state index contributed by atoms with van der Waals surface area (Å²) in [4.78, 5) is 27.2. The molecule has 0 spiro atoms. The molecular weight excluding hydrogens is 500 g/mol. The molecule has 2 aliphatic rings. The van der Waals surface area contributed by atoms with Crippen molar-refractivity contribution in [2.24, 2.45) is 5.92 Å².